The van der Waals surface area contributed by atoms with Crippen LogP contribution in [0.5, 0.6) is 5.75 Å². The number of ether oxygens (including phenoxy) is 2. The molecule has 30 heavy (non-hydrogen) atoms. The molecule has 0 unspecified atom stereocenters. The molecule has 0 N–H and O–H groups in total. The number of aromatic nitrogens is 1. The highest BCUT2D eigenvalue weighted by atomic mass is 16.5. The number of nitrogens with zero attached hydrogens (tertiary/aromatic N) is 1. The van der Waals surface area contributed by atoms with Crippen LogP contribution in [0.2, 0.25) is 0 Å². The van der Waals surface area contributed by atoms with E-state index >= 15 is 0 Å². The van der Waals surface area contributed by atoms with Crippen molar-refractivity contribution in [3.8, 4) is 17.0 Å². The van der Waals surface area contributed by atoms with Gasteiger partial charge in [0.2, 0.25) is 0 Å². The molecule has 0 aliphatic carbocycles. The van der Waals surface area contributed by atoms with Crippen molar-refractivity contribution >= 4 is 0 Å². The van der Waals surface area contributed by atoms with Crippen LogP contribution < -0.4 is 4.74 Å². The molecule has 0 bridgehead atoms. The van der Waals surface area contributed by atoms with Crippen LogP contribution in [0.15, 0.2) is 54.7 Å². The normalized spacial score (nSPS) is 11.3. The topological polar surface area (TPSA) is 31.4 Å². The molecule has 1 aromatic heterocycles. The average Bonchev–Trinajstić information content (AvgIpc) is 2.79. The van der Waals surface area contributed by atoms with E-state index in [2.05, 4.69) is 55.2 Å². The molecule has 0 radical (unpaired) electrons. The largest absolute Gasteiger partial charge is 0.492 e. The first-order valence-electron chi connectivity index (χ1n) is 11.7. The summed E-state index contributed by atoms with van der Waals surface area (Å²) >= 11 is 0. The number of benzene rings is 1. The Morgan fingerprint density at radius 3 is 2.37 bits per heavy atom. The van der Waals surface area contributed by atoms with Crippen molar-refractivity contribution in [1.29, 1.82) is 0 Å². The number of aryl methyl sites for hydroxylation is 1. The zero-order chi connectivity index (χ0) is 21.3. The summed E-state index contributed by atoms with van der Waals surface area (Å²) in [4.78, 5) is 4.58. The van der Waals surface area contributed by atoms with E-state index in [0.717, 1.165) is 75.4 Å². The summed E-state index contributed by atoms with van der Waals surface area (Å²) < 4.78 is 11.3. The zero-order valence-corrected chi connectivity index (χ0v) is 18.9. The van der Waals surface area contributed by atoms with Crippen LogP contribution in [0.1, 0.15) is 70.8 Å². The Hall–Kier alpha value is -2.13. The van der Waals surface area contributed by atoms with Crippen molar-refractivity contribution in [2.24, 2.45) is 0 Å². The highest BCUT2D eigenvalue weighted by Crippen LogP contribution is 2.21. The van der Waals surface area contributed by atoms with Crippen LogP contribution in [0.3, 0.4) is 0 Å². The van der Waals surface area contributed by atoms with E-state index in [-0.39, 0.29) is 0 Å². The molecule has 2 rings (SSSR count). The summed E-state index contributed by atoms with van der Waals surface area (Å²) in [6.45, 7) is 6.85. The molecule has 1 heterocycles. The second-order valence-electron chi connectivity index (χ2n) is 7.72. The molecule has 0 spiro atoms. The van der Waals surface area contributed by atoms with Gasteiger partial charge in [-0.05, 0) is 69.1 Å². The van der Waals surface area contributed by atoms with E-state index in [1.165, 1.54) is 24.8 Å². The second kappa shape index (κ2) is 15.7. The molecule has 3 nitrogen and oxygen atoms in total. The third-order valence-corrected chi connectivity index (χ3v) is 5.02. The fourth-order valence-electron chi connectivity index (χ4n) is 3.27. The molecular weight excluding hydrogens is 370 g/mol. The minimum Gasteiger partial charge on any atom is -0.492 e. The van der Waals surface area contributed by atoms with Crippen molar-refractivity contribution in [2.75, 3.05) is 19.8 Å². The first kappa shape index (κ1) is 24.1. The van der Waals surface area contributed by atoms with Crippen LogP contribution in [-0.4, -0.2) is 24.8 Å². The second-order valence-corrected chi connectivity index (χ2v) is 7.72. The van der Waals surface area contributed by atoms with Gasteiger partial charge in [-0.3, -0.25) is 4.98 Å². The van der Waals surface area contributed by atoms with Crippen LogP contribution in [0, 0.1) is 0 Å². The number of allylic oxidation sites excluding steroid dienone is 2. The summed E-state index contributed by atoms with van der Waals surface area (Å²) in [6, 6.07) is 12.9. The monoisotopic (exact) mass is 409 g/mol. The van der Waals surface area contributed by atoms with Crippen molar-refractivity contribution in [3.63, 3.8) is 0 Å². The molecule has 3 heteroatoms. The highest BCUT2D eigenvalue weighted by molar-refractivity contribution is 5.59. The molecule has 0 aliphatic heterocycles. The van der Waals surface area contributed by atoms with Crippen LogP contribution in [-0.2, 0) is 11.2 Å². The maximum atomic E-state index is 5.81. The standard InChI is InChI=1S/C27H39NO2/c1-3-5-6-7-8-12-22-30-26-18-19-27(28-23-26)25-16-14-24(15-17-25)13-10-9-11-21-29-20-4-2/h5-6,14-19,23H,3-4,7-13,20-22H2,1-2H3/b6-5-. The number of pyridine rings is 1. The maximum absolute atomic E-state index is 5.81. The van der Waals surface area contributed by atoms with Crippen LogP contribution >= 0.6 is 0 Å². The molecule has 0 fully saturated rings. The quantitative estimate of drug-likeness (QED) is 0.214. The predicted molar refractivity (Wildman–Crippen MR) is 127 cm³/mol. The van der Waals surface area contributed by atoms with Crippen molar-refractivity contribution < 1.29 is 9.47 Å². The van der Waals surface area contributed by atoms with E-state index in [0.29, 0.717) is 0 Å². The molecule has 0 amide bonds. The lowest BCUT2D eigenvalue weighted by molar-refractivity contribution is 0.130. The molecule has 0 aliphatic rings. The van der Waals surface area contributed by atoms with Gasteiger partial charge in [-0.25, -0.2) is 0 Å². The third-order valence-electron chi connectivity index (χ3n) is 5.02. The first-order valence-corrected chi connectivity index (χ1v) is 11.7. The fraction of sp³-hybridized carbons (Fsp3) is 0.519. The summed E-state index contributed by atoms with van der Waals surface area (Å²) in [5.74, 6) is 0.849. The molecule has 1 aromatic carbocycles. The molecule has 164 valence electrons. The minimum atomic E-state index is 0.750. The van der Waals surface area contributed by atoms with Crippen molar-refractivity contribution in [2.45, 2.75) is 71.6 Å². The molecule has 2 aromatic rings. The average molecular weight is 410 g/mol. The zero-order valence-electron chi connectivity index (χ0n) is 18.9. The van der Waals surface area contributed by atoms with Gasteiger partial charge in [0.05, 0.1) is 18.5 Å². The Bertz CT molecular complexity index is 692. The van der Waals surface area contributed by atoms with Gasteiger partial charge < -0.3 is 9.47 Å². The summed E-state index contributed by atoms with van der Waals surface area (Å²) in [7, 11) is 0. The van der Waals surface area contributed by atoms with Crippen LogP contribution in [0.25, 0.3) is 11.3 Å². The fourth-order valence-corrected chi connectivity index (χ4v) is 3.27. The molecular formula is C27H39NO2. The van der Waals surface area contributed by atoms with Gasteiger partial charge in [0, 0.05) is 18.8 Å². The lowest BCUT2D eigenvalue weighted by Gasteiger charge is -2.07. The minimum absolute atomic E-state index is 0.750. The van der Waals surface area contributed by atoms with Gasteiger partial charge in [-0.1, -0.05) is 56.7 Å². The molecule has 0 saturated heterocycles. The Morgan fingerprint density at radius 1 is 0.800 bits per heavy atom. The van der Waals surface area contributed by atoms with Gasteiger partial charge in [0.1, 0.15) is 5.75 Å². The van der Waals surface area contributed by atoms with Crippen LogP contribution in [0.4, 0.5) is 0 Å². The van der Waals surface area contributed by atoms with Crippen molar-refractivity contribution in [1.82, 2.24) is 4.98 Å². The third kappa shape index (κ3) is 10.1. The predicted octanol–water partition coefficient (Wildman–Crippen LogP) is 7.40. The number of rotatable bonds is 16. The van der Waals surface area contributed by atoms with Gasteiger partial charge in [-0.2, -0.15) is 0 Å². The van der Waals surface area contributed by atoms with E-state index in [9.17, 15) is 0 Å². The Morgan fingerprint density at radius 2 is 1.63 bits per heavy atom. The number of hydrogen-bond donors (Lipinski definition) is 0. The maximum Gasteiger partial charge on any atom is 0.137 e. The lowest BCUT2D eigenvalue weighted by atomic mass is 10.0. The van der Waals surface area contributed by atoms with Gasteiger partial charge in [0.15, 0.2) is 0 Å². The highest BCUT2D eigenvalue weighted by Gasteiger charge is 2.02. The van der Waals surface area contributed by atoms with Crippen molar-refractivity contribution in [3.05, 3.63) is 60.3 Å². The Balaban J connectivity index is 1.67. The smallest absolute Gasteiger partial charge is 0.137 e. The van der Waals surface area contributed by atoms with Gasteiger partial charge >= 0.3 is 0 Å². The molecule has 0 saturated carbocycles. The van der Waals surface area contributed by atoms with Gasteiger partial charge in [0.25, 0.3) is 0 Å². The summed E-state index contributed by atoms with van der Waals surface area (Å²) in [6.07, 6.45) is 16.6. The van der Waals surface area contributed by atoms with E-state index in [1.807, 2.05) is 18.3 Å². The SMILES string of the molecule is CC/C=C\CCCCOc1ccc(-c2ccc(CCCCCOCCC)cc2)nc1. The van der Waals surface area contributed by atoms with E-state index < -0.39 is 0 Å². The number of unbranched alkanes of at least 4 members (excludes halogenated alkanes) is 4. The summed E-state index contributed by atoms with van der Waals surface area (Å²) in [5.41, 5.74) is 3.54. The Labute approximate surface area is 183 Å². The molecule has 0 atom stereocenters. The summed E-state index contributed by atoms with van der Waals surface area (Å²) in [5, 5.41) is 0. The van der Waals surface area contributed by atoms with Gasteiger partial charge in [-0.15, -0.1) is 0 Å². The Kier molecular flexibility index (Phi) is 12.6. The lowest BCUT2D eigenvalue weighted by Crippen LogP contribution is -1.97. The van der Waals surface area contributed by atoms with E-state index in [4.69, 9.17) is 9.47 Å². The first-order chi connectivity index (χ1) is 14.8. The number of hydrogen-bond acceptors (Lipinski definition) is 3. The van der Waals surface area contributed by atoms with E-state index in [1.54, 1.807) is 0 Å².